The predicted molar refractivity (Wildman–Crippen MR) is 168 cm³/mol. The van der Waals surface area contributed by atoms with Gasteiger partial charge in [-0.15, -0.1) is 0 Å². The van der Waals surface area contributed by atoms with Gasteiger partial charge in [0.25, 0.3) is 11.8 Å². The van der Waals surface area contributed by atoms with Crippen molar-refractivity contribution in [1.29, 1.82) is 0 Å². The molecule has 4 saturated carbocycles. The molecule has 2 aromatic carbocycles. The second kappa shape index (κ2) is 10.2. The number of nitrogens with one attached hydrogen (secondary N) is 2. The van der Waals surface area contributed by atoms with Gasteiger partial charge in [-0.05, 0) is 113 Å². The monoisotopic (exact) mass is 592 g/mol. The van der Waals surface area contributed by atoms with Gasteiger partial charge in [-0.1, -0.05) is 36.4 Å². The maximum Gasteiger partial charge on any atom is 0.275 e. The molecule has 0 saturated heterocycles. The van der Waals surface area contributed by atoms with Crippen LogP contribution in [0.5, 0.6) is 0 Å². The van der Waals surface area contributed by atoms with Crippen LogP contribution in [-0.4, -0.2) is 35.7 Å². The van der Waals surface area contributed by atoms with Crippen molar-refractivity contribution in [2.75, 3.05) is 9.80 Å². The van der Waals surface area contributed by atoms with Crippen LogP contribution in [-0.2, 0) is 19.2 Å². The number of nitrogens with zero attached hydrogens (tertiary/aromatic N) is 2. The second-order valence-electron chi connectivity index (χ2n) is 13.9. The smallest absolute Gasteiger partial charge is 0.275 e. The Labute approximate surface area is 258 Å². The zero-order valence-electron chi connectivity index (χ0n) is 25.9. The summed E-state index contributed by atoms with van der Waals surface area (Å²) in [6.45, 7) is 7.77. The Morgan fingerprint density at radius 3 is 1.39 bits per heavy atom. The van der Waals surface area contributed by atoms with E-state index >= 15 is 0 Å². The number of rotatable bonds is 6. The molecule has 44 heavy (non-hydrogen) atoms. The lowest BCUT2D eigenvalue weighted by Crippen LogP contribution is -2.61. The molecule has 4 bridgehead atoms. The molecule has 0 unspecified atom stereocenters. The zero-order valence-corrected chi connectivity index (χ0v) is 25.9. The zero-order chi connectivity index (χ0) is 31.0. The van der Waals surface area contributed by atoms with Gasteiger partial charge in [-0.2, -0.15) is 0 Å². The highest BCUT2D eigenvalue weighted by molar-refractivity contribution is 6.13. The summed E-state index contributed by atoms with van der Waals surface area (Å²) in [5.41, 5.74) is 2.54. The van der Waals surface area contributed by atoms with Gasteiger partial charge in [0.15, 0.2) is 0 Å². The fourth-order valence-corrected chi connectivity index (χ4v) is 9.18. The van der Waals surface area contributed by atoms with Crippen molar-refractivity contribution in [1.82, 2.24) is 10.6 Å². The molecule has 2 atom stereocenters. The van der Waals surface area contributed by atoms with Crippen LogP contribution in [0.15, 0.2) is 83.2 Å². The first-order valence-corrected chi connectivity index (χ1v) is 15.9. The van der Waals surface area contributed by atoms with E-state index in [0.717, 1.165) is 54.6 Å². The molecule has 4 aliphatic carbocycles. The minimum absolute atomic E-state index is 0.148. The topological polar surface area (TPSA) is 98.8 Å². The predicted octanol–water partition coefficient (Wildman–Crippen LogP) is 5.22. The average Bonchev–Trinajstić information content (AvgIpc) is 3.35. The second-order valence-corrected chi connectivity index (χ2v) is 13.9. The highest BCUT2D eigenvalue weighted by Crippen LogP contribution is 2.65. The first-order valence-electron chi connectivity index (χ1n) is 15.9. The molecule has 2 heterocycles. The molecule has 0 spiro atoms. The van der Waals surface area contributed by atoms with Crippen LogP contribution in [0.25, 0.3) is 0 Å². The standard InChI is InChI=1S/C36H40N4O4/c1-21-23(3)39(27-11-7-5-8-12-27)31(41)29(21)37-33(43)35-16-25-15-26(17-35)19-36(18-25,20-35)34(44)38-30-22(2)24(4)40(32(30)42)28-13-9-6-10-14-28/h5-14,23-26H,15-20H2,1-4H3,(H,37,43)(H,38,44)/t23-,24-,25?,26?,35?,36?/m0/s1. The van der Waals surface area contributed by atoms with E-state index in [0.29, 0.717) is 17.8 Å². The Kier molecular flexibility index (Phi) is 6.61. The van der Waals surface area contributed by atoms with Gasteiger partial charge < -0.3 is 20.4 Å². The van der Waals surface area contributed by atoms with Crippen molar-refractivity contribution in [3.63, 3.8) is 0 Å². The lowest BCUT2D eigenvalue weighted by Gasteiger charge is -2.60. The lowest BCUT2D eigenvalue weighted by molar-refractivity contribution is -0.166. The maximum atomic E-state index is 14.2. The number of carbonyl (C=O) groups is 4. The molecule has 2 aliphatic heterocycles. The van der Waals surface area contributed by atoms with Crippen LogP contribution >= 0.6 is 0 Å². The molecule has 228 valence electrons. The van der Waals surface area contributed by atoms with Crippen LogP contribution in [0.1, 0.15) is 66.2 Å². The molecule has 2 aromatic rings. The highest BCUT2D eigenvalue weighted by Gasteiger charge is 2.63. The third kappa shape index (κ3) is 4.25. The largest absolute Gasteiger partial charge is 0.321 e. The first kappa shape index (κ1) is 28.6. The van der Waals surface area contributed by atoms with Crippen LogP contribution in [0.3, 0.4) is 0 Å². The highest BCUT2D eigenvalue weighted by atomic mass is 16.2. The molecule has 8 heteroatoms. The van der Waals surface area contributed by atoms with Crippen LogP contribution in [0.4, 0.5) is 11.4 Å². The van der Waals surface area contributed by atoms with Gasteiger partial charge in [-0.3, -0.25) is 19.2 Å². The summed E-state index contributed by atoms with van der Waals surface area (Å²) < 4.78 is 0. The molecule has 8 nitrogen and oxygen atoms in total. The molecule has 6 aliphatic rings. The molecular weight excluding hydrogens is 552 g/mol. The summed E-state index contributed by atoms with van der Waals surface area (Å²) in [5.74, 6) is -0.182. The Morgan fingerprint density at radius 2 is 1.02 bits per heavy atom. The van der Waals surface area contributed by atoms with E-state index in [1.54, 1.807) is 9.80 Å². The summed E-state index contributed by atoms with van der Waals surface area (Å²) in [5, 5.41) is 6.17. The van der Waals surface area contributed by atoms with Gasteiger partial charge in [0.1, 0.15) is 11.4 Å². The normalized spacial score (nSPS) is 32.6. The number of para-hydroxylation sites is 2. The minimum Gasteiger partial charge on any atom is -0.321 e. The van der Waals surface area contributed by atoms with Crippen molar-refractivity contribution in [3.05, 3.63) is 83.2 Å². The van der Waals surface area contributed by atoms with E-state index in [2.05, 4.69) is 10.6 Å². The molecular formula is C36H40N4O4. The summed E-state index contributed by atoms with van der Waals surface area (Å²) in [7, 11) is 0. The summed E-state index contributed by atoms with van der Waals surface area (Å²) in [6.07, 6.45) is 4.35. The number of carbonyl (C=O) groups excluding carboxylic acids is 4. The quantitative estimate of drug-likeness (QED) is 0.480. The van der Waals surface area contributed by atoms with Crippen LogP contribution < -0.4 is 20.4 Å². The lowest BCUT2D eigenvalue weighted by atomic mass is 9.43. The Bertz CT molecular complexity index is 1500. The first-order chi connectivity index (χ1) is 21.0. The van der Waals surface area contributed by atoms with Gasteiger partial charge >= 0.3 is 0 Å². The molecule has 2 N–H and O–H groups in total. The fraction of sp³-hybridized carbons (Fsp3) is 0.444. The van der Waals surface area contributed by atoms with E-state index in [1.165, 1.54) is 0 Å². The van der Waals surface area contributed by atoms with Gasteiger partial charge in [-0.25, -0.2) is 0 Å². The SMILES string of the molecule is CC1=C(NC(=O)C23CC4CC(C2)CC(C(=O)NC2=C(C)[C@H](C)N(c5ccccc5)C2=O)(C4)C3)C(=O)N(c2ccccc2)[C@H]1C. The summed E-state index contributed by atoms with van der Waals surface area (Å²) >= 11 is 0. The number of hydrogen-bond acceptors (Lipinski definition) is 4. The third-order valence-electron chi connectivity index (χ3n) is 11.3. The average molecular weight is 593 g/mol. The van der Waals surface area contributed by atoms with Crippen molar-refractivity contribution >= 4 is 35.0 Å². The van der Waals surface area contributed by atoms with E-state index in [4.69, 9.17) is 0 Å². The molecule has 0 radical (unpaired) electrons. The fourth-order valence-electron chi connectivity index (χ4n) is 9.18. The molecule has 0 aromatic heterocycles. The van der Waals surface area contributed by atoms with Crippen molar-refractivity contribution < 1.29 is 19.2 Å². The van der Waals surface area contributed by atoms with Gasteiger partial charge in [0.2, 0.25) is 11.8 Å². The van der Waals surface area contributed by atoms with E-state index in [9.17, 15) is 19.2 Å². The number of amides is 4. The van der Waals surface area contributed by atoms with Gasteiger partial charge in [0.05, 0.1) is 22.9 Å². The third-order valence-corrected chi connectivity index (χ3v) is 11.3. The Balaban J connectivity index is 1.12. The maximum absolute atomic E-state index is 14.2. The van der Waals surface area contributed by atoms with Gasteiger partial charge in [0, 0.05) is 11.4 Å². The number of anilines is 2. The molecule has 4 fully saturated rings. The number of benzene rings is 2. The summed E-state index contributed by atoms with van der Waals surface area (Å²) in [6, 6.07) is 18.7. The molecule has 8 rings (SSSR count). The van der Waals surface area contributed by atoms with E-state index in [-0.39, 0.29) is 47.5 Å². The van der Waals surface area contributed by atoms with Crippen LogP contribution in [0, 0.1) is 22.7 Å². The van der Waals surface area contributed by atoms with Crippen molar-refractivity contribution in [2.24, 2.45) is 22.7 Å². The Hall–Kier alpha value is -4.20. The summed E-state index contributed by atoms with van der Waals surface area (Å²) in [4.78, 5) is 59.2. The minimum atomic E-state index is -0.717. The number of hydrogen-bond donors (Lipinski definition) is 2. The van der Waals surface area contributed by atoms with E-state index in [1.807, 2.05) is 88.4 Å². The Morgan fingerprint density at radius 1 is 0.659 bits per heavy atom. The van der Waals surface area contributed by atoms with E-state index < -0.39 is 10.8 Å². The van der Waals surface area contributed by atoms with Crippen molar-refractivity contribution in [2.45, 2.75) is 78.3 Å². The van der Waals surface area contributed by atoms with Crippen LogP contribution in [0.2, 0.25) is 0 Å². The molecule has 4 amide bonds. The van der Waals surface area contributed by atoms with Crippen molar-refractivity contribution in [3.8, 4) is 0 Å².